The van der Waals surface area contributed by atoms with Gasteiger partial charge in [0.1, 0.15) is 5.15 Å². The van der Waals surface area contributed by atoms with Gasteiger partial charge in [0.25, 0.3) is 0 Å². The highest BCUT2D eigenvalue weighted by molar-refractivity contribution is 6.30. The molecule has 0 saturated carbocycles. The summed E-state index contributed by atoms with van der Waals surface area (Å²) >= 11 is 6.66. The van der Waals surface area contributed by atoms with E-state index in [1.165, 1.54) is 0 Å². The van der Waals surface area contributed by atoms with Crippen molar-refractivity contribution in [3.8, 4) is 6.07 Å². The van der Waals surface area contributed by atoms with Crippen molar-refractivity contribution >= 4 is 34.0 Å². The van der Waals surface area contributed by atoms with Gasteiger partial charge in [-0.3, -0.25) is 9.78 Å². The van der Waals surface area contributed by atoms with Gasteiger partial charge < -0.3 is 10.6 Å². The van der Waals surface area contributed by atoms with E-state index >= 15 is 0 Å². The monoisotopic (exact) mass is 443 g/mol. The summed E-state index contributed by atoms with van der Waals surface area (Å²) in [5, 5.41) is 11.4. The maximum absolute atomic E-state index is 13.3. The molecule has 0 radical (unpaired) electrons. The standard InChI is InChI=1S/C25H22ClN5O/c1-14-7-8-19-15(10-14)11-17(24(26)30-19)22-18(12-27)25(28)31(16-4-3-9-29-13-16)20-5-2-6-21(32)23(20)22/h3-4,7-11,13,18,22,25H,2,5-6,28H2,1H3. The minimum Gasteiger partial charge on any atom is -0.326 e. The van der Waals surface area contributed by atoms with Gasteiger partial charge >= 0.3 is 0 Å². The van der Waals surface area contributed by atoms with Crippen LogP contribution in [0, 0.1) is 24.2 Å². The minimum absolute atomic E-state index is 0.0395. The first kappa shape index (κ1) is 20.6. The van der Waals surface area contributed by atoms with Crippen LogP contribution < -0.4 is 10.6 Å². The number of aromatic nitrogens is 2. The van der Waals surface area contributed by atoms with E-state index in [1.807, 2.05) is 48.2 Å². The van der Waals surface area contributed by atoms with Gasteiger partial charge in [-0.15, -0.1) is 0 Å². The maximum atomic E-state index is 13.3. The Labute approximate surface area is 191 Å². The third-order valence-corrected chi connectivity index (χ3v) is 6.72. The van der Waals surface area contributed by atoms with Gasteiger partial charge in [-0.2, -0.15) is 5.26 Å². The van der Waals surface area contributed by atoms with Gasteiger partial charge in [-0.05, 0) is 55.7 Å². The molecule has 0 spiro atoms. The molecule has 3 unspecified atom stereocenters. The largest absolute Gasteiger partial charge is 0.326 e. The Hall–Kier alpha value is -3.27. The molecular formula is C25H22ClN5O. The van der Waals surface area contributed by atoms with Crippen molar-refractivity contribution in [3.63, 3.8) is 0 Å². The fourth-order valence-electron chi connectivity index (χ4n) is 5.00. The van der Waals surface area contributed by atoms with Crippen LogP contribution >= 0.6 is 11.6 Å². The van der Waals surface area contributed by atoms with Crippen molar-refractivity contribution in [3.05, 3.63) is 76.3 Å². The van der Waals surface area contributed by atoms with Crippen LogP contribution in [-0.2, 0) is 4.79 Å². The Kier molecular flexibility index (Phi) is 5.16. The van der Waals surface area contributed by atoms with Crippen LogP contribution in [0.5, 0.6) is 0 Å². The summed E-state index contributed by atoms with van der Waals surface area (Å²) < 4.78 is 0. The average Bonchev–Trinajstić information content (AvgIpc) is 2.79. The van der Waals surface area contributed by atoms with Gasteiger partial charge in [-0.25, -0.2) is 4.98 Å². The molecule has 160 valence electrons. The van der Waals surface area contributed by atoms with Crippen LogP contribution in [0.2, 0.25) is 5.15 Å². The van der Waals surface area contributed by atoms with Crippen molar-refractivity contribution in [2.75, 3.05) is 4.90 Å². The molecule has 2 N–H and O–H groups in total. The second-order valence-electron chi connectivity index (χ2n) is 8.41. The number of fused-ring (bicyclic) bond motifs is 1. The Bertz CT molecular complexity index is 1300. The number of halogens is 1. The fraction of sp³-hybridized carbons (Fsp3) is 0.280. The number of Topliss-reactive ketones (excluding diaryl/α,β-unsaturated/α-hetero) is 1. The zero-order chi connectivity index (χ0) is 22.4. The number of nitrogens with zero attached hydrogens (tertiary/aromatic N) is 4. The van der Waals surface area contributed by atoms with Gasteiger partial charge in [0.15, 0.2) is 5.78 Å². The summed E-state index contributed by atoms with van der Waals surface area (Å²) in [7, 11) is 0. The van der Waals surface area contributed by atoms with E-state index in [2.05, 4.69) is 16.0 Å². The molecule has 1 aliphatic carbocycles. The second kappa shape index (κ2) is 8.01. The molecule has 0 amide bonds. The lowest BCUT2D eigenvalue weighted by atomic mass is 9.71. The quantitative estimate of drug-likeness (QED) is 0.580. The predicted molar refractivity (Wildman–Crippen MR) is 124 cm³/mol. The van der Waals surface area contributed by atoms with Crippen LogP contribution in [0.15, 0.2) is 60.1 Å². The van der Waals surface area contributed by atoms with Crippen molar-refractivity contribution in [2.24, 2.45) is 11.7 Å². The Morgan fingerprint density at radius 1 is 1.25 bits per heavy atom. The molecule has 0 bridgehead atoms. The molecule has 2 aromatic heterocycles. The van der Waals surface area contributed by atoms with E-state index in [4.69, 9.17) is 17.3 Å². The van der Waals surface area contributed by atoms with Crippen molar-refractivity contribution in [1.82, 2.24) is 9.97 Å². The maximum Gasteiger partial charge on any atom is 0.161 e. The lowest BCUT2D eigenvalue weighted by Gasteiger charge is -2.46. The summed E-state index contributed by atoms with van der Waals surface area (Å²) in [6.45, 7) is 2.01. The summed E-state index contributed by atoms with van der Waals surface area (Å²) in [5.74, 6) is -1.18. The number of nitriles is 1. The number of pyridine rings is 2. The molecule has 1 aromatic carbocycles. The van der Waals surface area contributed by atoms with Gasteiger partial charge in [0.2, 0.25) is 0 Å². The number of carbonyl (C=O) groups is 1. The zero-order valence-electron chi connectivity index (χ0n) is 17.6. The summed E-state index contributed by atoms with van der Waals surface area (Å²) in [6, 6.07) is 14.0. The van der Waals surface area contributed by atoms with Gasteiger partial charge in [0, 0.05) is 35.2 Å². The number of allylic oxidation sites excluding steroid dienone is 2. The normalized spacial score (nSPS) is 23.2. The highest BCUT2D eigenvalue weighted by Crippen LogP contribution is 2.48. The first-order chi connectivity index (χ1) is 15.5. The predicted octanol–water partition coefficient (Wildman–Crippen LogP) is 4.63. The highest BCUT2D eigenvalue weighted by Gasteiger charge is 2.46. The van der Waals surface area contributed by atoms with E-state index in [0.29, 0.717) is 29.1 Å². The van der Waals surface area contributed by atoms with Crippen LogP contribution in [-0.4, -0.2) is 21.9 Å². The van der Waals surface area contributed by atoms with Crippen LogP contribution in [0.1, 0.15) is 36.3 Å². The first-order valence-corrected chi connectivity index (χ1v) is 11.0. The molecule has 5 rings (SSSR count). The number of aryl methyl sites for hydroxylation is 1. The Balaban J connectivity index is 1.76. The highest BCUT2D eigenvalue weighted by atomic mass is 35.5. The van der Waals surface area contributed by atoms with E-state index in [1.54, 1.807) is 12.4 Å². The molecule has 1 aliphatic heterocycles. The minimum atomic E-state index is -0.683. The van der Waals surface area contributed by atoms with Crippen molar-refractivity contribution < 1.29 is 4.79 Å². The van der Waals surface area contributed by atoms with Crippen molar-refractivity contribution in [2.45, 2.75) is 38.3 Å². The molecular weight excluding hydrogens is 422 g/mol. The molecule has 0 saturated heterocycles. The number of benzene rings is 1. The number of nitrogens with two attached hydrogens (primary N) is 1. The van der Waals surface area contributed by atoms with E-state index in [-0.39, 0.29) is 5.78 Å². The fourth-order valence-corrected chi connectivity index (χ4v) is 5.26. The van der Waals surface area contributed by atoms with Crippen molar-refractivity contribution in [1.29, 1.82) is 5.26 Å². The van der Waals surface area contributed by atoms with E-state index in [0.717, 1.165) is 34.3 Å². The third-order valence-electron chi connectivity index (χ3n) is 6.41. The number of anilines is 1. The topological polar surface area (TPSA) is 95.9 Å². The molecule has 3 atom stereocenters. The zero-order valence-corrected chi connectivity index (χ0v) is 18.4. The summed E-state index contributed by atoms with van der Waals surface area (Å²) in [5.41, 5.74) is 11.5. The van der Waals surface area contributed by atoms with Crippen LogP contribution in [0.25, 0.3) is 10.9 Å². The lowest BCUT2D eigenvalue weighted by molar-refractivity contribution is -0.116. The Morgan fingerprint density at radius 3 is 2.84 bits per heavy atom. The molecule has 2 aliphatic rings. The number of hydrogen-bond acceptors (Lipinski definition) is 6. The lowest BCUT2D eigenvalue weighted by Crippen LogP contribution is -2.54. The number of rotatable bonds is 2. The van der Waals surface area contributed by atoms with E-state index in [9.17, 15) is 10.1 Å². The van der Waals surface area contributed by atoms with Crippen LogP contribution in [0.3, 0.4) is 0 Å². The molecule has 32 heavy (non-hydrogen) atoms. The summed E-state index contributed by atoms with van der Waals surface area (Å²) in [6.07, 6.45) is 4.65. The average molecular weight is 444 g/mol. The summed E-state index contributed by atoms with van der Waals surface area (Å²) in [4.78, 5) is 24.0. The molecule has 3 heterocycles. The molecule has 6 nitrogen and oxygen atoms in total. The van der Waals surface area contributed by atoms with E-state index < -0.39 is 18.0 Å². The Morgan fingerprint density at radius 2 is 2.09 bits per heavy atom. The molecule has 3 aromatic rings. The second-order valence-corrected chi connectivity index (χ2v) is 8.76. The smallest absolute Gasteiger partial charge is 0.161 e. The van der Waals surface area contributed by atoms with Gasteiger partial charge in [-0.1, -0.05) is 23.2 Å². The molecule has 0 fully saturated rings. The first-order valence-electron chi connectivity index (χ1n) is 10.7. The number of hydrogen-bond donors (Lipinski definition) is 1. The third kappa shape index (κ3) is 3.26. The number of carbonyl (C=O) groups excluding carboxylic acids is 1. The number of ketones is 1. The van der Waals surface area contributed by atoms with Gasteiger partial charge in [0.05, 0.1) is 35.6 Å². The van der Waals surface area contributed by atoms with Crippen LogP contribution in [0.4, 0.5) is 5.69 Å². The SMILES string of the molecule is Cc1ccc2nc(Cl)c(C3C4=C(CCCC4=O)N(c4cccnc4)C(N)C3C#N)cc2c1. The molecule has 7 heteroatoms.